The van der Waals surface area contributed by atoms with Crippen LogP contribution in [0.5, 0.6) is 0 Å². The molecule has 26 heavy (non-hydrogen) atoms. The lowest BCUT2D eigenvalue weighted by Crippen LogP contribution is -2.14. The maximum absolute atomic E-state index is 12.3. The molecule has 0 spiro atoms. The van der Waals surface area contributed by atoms with Gasteiger partial charge in [0.2, 0.25) is 6.20 Å². The topological polar surface area (TPSA) is 84.3 Å². The summed E-state index contributed by atoms with van der Waals surface area (Å²) in [7, 11) is 0. The maximum atomic E-state index is 12.3. The van der Waals surface area contributed by atoms with Crippen molar-refractivity contribution in [2.75, 3.05) is 10.6 Å². The van der Waals surface area contributed by atoms with E-state index in [1.165, 1.54) is 6.08 Å². The molecule has 130 valence electrons. The molecule has 2 N–H and O–H groups in total. The Kier molecular flexibility index (Phi) is 5.24. The largest absolute Gasteiger partial charge is 0.359 e. The highest BCUT2D eigenvalue weighted by Crippen LogP contribution is 2.23. The molecule has 0 saturated carbocycles. The van der Waals surface area contributed by atoms with Gasteiger partial charge in [-0.1, -0.05) is 36.4 Å². The highest BCUT2D eigenvalue weighted by molar-refractivity contribution is 6.04. The molecule has 1 amide bonds. The van der Waals surface area contributed by atoms with E-state index in [0.29, 0.717) is 12.0 Å². The van der Waals surface area contributed by atoms with E-state index in [-0.39, 0.29) is 5.91 Å². The quantitative estimate of drug-likeness (QED) is 0.606. The molecule has 6 nitrogen and oxygen atoms in total. The Morgan fingerprint density at radius 1 is 1.00 bits per heavy atom. The van der Waals surface area contributed by atoms with Gasteiger partial charge in [-0.15, -0.1) is 0 Å². The molecule has 2 aromatic rings. The number of para-hydroxylation sites is 1. The number of carbonyl (C=O) groups is 1. The number of hydrogen-bond acceptors (Lipinski definition) is 4. The van der Waals surface area contributed by atoms with Gasteiger partial charge in [-0.2, -0.15) is 0 Å². The Morgan fingerprint density at radius 2 is 1.73 bits per heavy atom. The molecule has 0 fully saturated rings. The highest BCUT2D eigenvalue weighted by Gasteiger charge is 2.15. The summed E-state index contributed by atoms with van der Waals surface area (Å²) in [6.45, 7) is 0. The smallest absolute Gasteiger partial charge is 0.251 e. The van der Waals surface area contributed by atoms with Gasteiger partial charge in [0.05, 0.1) is 4.92 Å². The van der Waals surface area contributed by atoms with Crippen molar-refractivity contribution in [3.8, 4) is 0 Å². The second kappa shape index (κ2) is 7.94. The summed E-state index contributed by atoms with van der Waals surface area (Å²) < 4.78 is 0. The van der Waals surface area contributed by atoms with Crippen LogP contribution in [-0.2, 0) is 4.79 Å². The summed E-state index contributed by atoms with van der Waals surface area (Å²) in [4.78, 5) is 22.1. The molecule has 0 unspecified atom stereocenters. The SMILES string of the molecule is O=C(Nc1ccccc1)C1=CC=C(Nc2ccc(/C=C/[N+](=O)[O-])cc2)C1. The van der Waals surface area contributed by atoms with Gasteiger partial charge in [0.1, 0.15) is 0 Å². The summed E-state index contributed by atoms with van der Waals surface area (Å²) in [5, 5.41) is 16.5. The predicted molar refractivity (Wildman–Crippen MR) is 102 cm³/mol. The molecule has 1 aliphatic rings. The lowest BCUT2D eigenvalue weighted by atomic mass is 10.1. The maximum Gasteiger partial charge on any atom is 0.251 e. The van der Waals surface area contributed by atoms with E-state index >= 15 is 0 Å². The first-order valence-corrected chi connectivity index (χ1v) is 8.05. The average Bonchev–Trinajstić information content (AvgIpc) is 3.11. The summed E-state index contributed by atoms with van der Waals surface area (Å²) in [6.07, 6.45) is 6.53. The zero-order chi connectivity index (χ0) is 18.4. The van der Waals surface area contributed by atoms with Crippen LogP contribution in [0.1, 0.15) is 12.0 Å². The average molecular weight is 347 g/mol. The van der Waals surface area contributed by atoms with Gasteiger partial charge in [-0.05, 0) is 35.9 Å². The summed E-state index contributed by atoms with van der Waals surface area (Å²) in [5.74, 6) is -0.121. The van der Waals surface area contributed by atoms with E-state index in [4.69, 9.17) is 0 Å². The third-order valence-corrected chi connectivity index (χ3v) is 3.79. The number of nitrogens with one attached hydrogen (secondary N) is 2. The van der Waals surface area contributed by atoms with Gasteiger partial charge in [0.15, 0.2) is 0 Å². The Balaban J connectivity index is 1.53. The second-order valence-corrected chi connectivity index (χ2v) is 5.73. The van der Waals surface area contributed by atoms with E-state index in [1.807, 2.05) is 48.5 Å². The van der Waals surface area contributed by atoms with Crippen molar-refractivity contribution in [1.29, 1.82) is 0 Å². The molecule has 0 radical (unpaired) electrons. The minimum Gasteiger partial charge on any atom is -0.359 e. The molecule has 0 aliphatic heterocycles. The Bertz CT molecular complexity index is 898. The van der Waals surface area contributed by atoms with Crippen molar-refractivity contribution in [2.24, 2.45) is 0 Å². The molecule has 2 aromatic carbocycles. The molecule has 0 saturated heterocycles. The predicted octanol–water partition coefficient (Wildman–Crippen LogP) is 4.20. The Hall–Kier alpha value is -3.67. The van der Waals surface area contributed by atoms with E-state index in [0.717, 1.165) is 28.8 Å². The van der Waals surface area contributed by atoms with Crippen molar-refractivity contribution < 1.29 is 9.72 Å². The van der Waals surface area contributed by atoms with Crippen LogP contribution >= 0.6 is 0 Å². The number of carbonyl (C=O) groups excluding carboxylic acids is 1. The van der Waals surface area contributed by atoms with Crippen molar-refractivity contribution in [3.05, 3.63) is 99.9 Å². The van der Waals surface area contributed by atoms with Crippen LogP contribution in [0.4, 0.5) is 11.4 Å². The van der Waals surface area contributed by atoms with Crippen molar-refractivity contribution >= 4 is 23.4 Å². The van der Waals surface area contributed by atoms with Crippen LogP contribution in [0.25, 0.3) is 6.08 Å². The first-order valence-electron chi connectivity index (χ1n) is 8.05. The van der Waals surface area contributed by atoms with Crippen molar-refractivity contribution in [2.45, 2.75) is 6.42 Å². The number of benzene rings is 2. The zero-order valence-electron chi connectivity index (χ0n) is 13.9. The first kappa shape index (κ1) is 17.2. The Labute approximate surface area is 150 Å². The minimum absolute atomic E-state index is 0.121. The third-order valence-electron chi connectivity index (χ3n) is 3.79. The Morgan fingerprint density at radius 3 is 2.42 bits per heavy atom. The lowest BCUT2D eigenvalue weighted by Gasteiger charge is -2.10. The van der Waals surface area contributed by atoms with Gasteiger partial charge in [-0.25, -0.2) is 0 Å². The lowest BCUT2D eigenvalue weighted by molar-refractivity contribution is -0.400. The van der Waals surface area contributed by atoms with Crippen LogP contribution < -0.4 is 10.6 Å². The van der Waals surface area contributed by atoms with Gasteiger partial charge >= 0.3 is 0 Å². The fourth-order valence-corrected chi connectivity index (χ4v) is 2.51. The number of amides is 1. The first-order chi connectivity index (χ1) is 12.6. The molecule has 6 heteroatoms. The van der Waals surface area contributed by atoms with E-state index in [1.54, 1.807) is 18.2 Å². The monoisotopic (exact) mass is 347 g/mol. The van der Waals surface area contributed by atoms with Crippen LogP contribution in [-0.4, -0.2) is 10.8 Å². The molecule has 0 heterocycles. The number of nitro groups is 1. The number of hydrogen-bond donors (Lipinski definition) is 2. The minimum atomic E-state index is -0.497. The van der Waals surface area contributed by atoms with E-state index < -0.39 is 4.92 Å². The van der Waals surface area contributed by atoms with Gasteiger partial charge in [0, 0.05) is 35.1 Å². The second-order valence-electron chi connectivity index (χ2n) is 5.73. The fourth-order valence-electron chi connectivity index (χ4n) is 2.51. The number of anilines is 2. The van der Waals surface area contributed by atoms with Crippen LogP contribution in [0.15, 0.2) is 84.2 Å². The van der Waals surface area contributed by atoms with Crippen LogP contribution in [0, 0.1) is 10.1 Å². The van der Waals surface area contributed by atoms with Crippen LogP contribution in [0.2, 0.25) is 0 Å². The van der Waals surface area contributed by atoms with E-state index in [9.17, 15) is 14.9 Å². The molecule has 1 aliphatic carbocycles. The highest BCUT2D eigenvalue weighted by atomic mass is 16.6. The zero-order valence-corrected chi connectivity index (χ0v) is 13.9. The van der Waals surface area contributed by atoms with Gasteiger partial charge < -0.3 is 10.6 Å². The van der Waals surface area contributed by atoms with Crippen LogP contribution in [0.3, 0.4) is 0 Å². The molecular weight excluding hydrogens is 330 g/mol. The third kappa shape index (κ3) is 4.67. The van der Waals surface area contributed by atoms with Crippen molar-refractivity contribution in [3.63, 3.8) is 0 Å². The summed E-state index contributed by atoms with van der Waals surface area (Å²) >= 11 is 0. The molecule has 0 atom stereocenters. The molecule has 0 bridgehead atoms. The molecule has 0 aromatic heterocycles. The molecule has 3 rings (SSSR count). The van der Waals surface area contributed by atoms with E-state index in [2.05, 4.69) is 10.6 Å². The fraction of sp³-hybridized carbons (Fsp3) is 0.0500. The van der Waals surface area contributed by atoms with Crippen molar-refractivity contribution in [1.82, 2.24) is 0 Å². The number of nitrogens with zero attached hydrogens (tertiary/aromatic N) is 1. The normalized spacial score (nSPS) is 13.2. The molecular formula is C20H17N3O3. The number of rotatable bonds is 6. The summed E-state index contributed by atoms with van der Waals surface area (Å²) in [5.41, 5.74) is 3.96. The summed E-state index contributed by atoms with van der Waals surface area (Å²) in [6, 6.07) is 16.6. The standard InChI is InChI=1S/C20H17N3O3/c24-20(22-17-4-2-1-3-5-17)16-8-11-19(14-16)21-18-9-6-15(7-10-18)12-13-23(25)26/h1-13,21H,14H2,(H,22,24)/b13-12+. The number of allylic oxidation sites excluding steroid dienone is 3. The van der Waals surface area contributed by atoms with Gasteiger partial charge in [0.25, 0.3) is 5.91 Å². The van der Waals surface area contributed by atoms with Gasteiger partial charge in [-0.3, -0.25) is 14.9 Å².